The molecule has 0 aromatic carbocycles. The first-order chi connectivity index (χ1) is 5.45. The lowest BCUT2D eigenvalue weighted by atomic mass is 10.6. The maximum Gasteiger partial charge on any atom is 0.411 e. The fraction of sp³-hybridized carbons (Fsp3) is 0.833. The number of hydrogen-bond donors (Lipinski definition) is 1. The average Bonchev–Trinajstić information content (AvgIpc) is 1.84. The maximum atomic E-state index is 11.5. The van der Waals surface area contributed by atoms with Crippen LogP contribution in [0, 0.1) is 5.41 Å². The zero-order valence-corrected chi connectivity index (χ0v) is 6.57. The van der Waals surface area contributed by atoms with Gasteiger partial charge in [0.25, 0.3) is 0 Å². The molecule has 0 radical (unpaired) electrons. The Balaban J connectivity index is 3.37. The van der Waals surface area contributed by atoms with E-state index in [0.29, 0.717) is 0 Å². The summed E-state index contributed by atoms with van der Waals surface area (Å²) in [6.45, 7) is 0.113. The summed E-state index contributed by atoms with van der Waals surface area (Å²) in [4.78, 5) is 0. The molecule has 6 heteroatoms. The Morgan fingerprint density at radius 1 is 1.42 bits per heavy atom. The van der Waals surface area contributed by atoms with Gasteiger partial charge in [-0.3, -0.25) is 5.41 Å². The second kappa shape index (κ2) is 4.97. The first kappa shape index (κ1) is 11.2. The summed E-state index contributed by atoms with van der Waals surface area (Å²) in [5, 5.41) is 6.88. The number of halogens is 3. The molecular weight excluding hydrogens is 175 g/mol. The van der Waals surface area contributed by atoms with Gasteiger partial charge >= 0.3 is 6.18 Å². The van der Waals surface area contributed by atoms with E-state index in [9.17, 15) is 13.2 Å². The van der Waals surface area contributed by atoms with Crippen LogP contribution in [0.2, 0.25) is 0 Å². The molecule has 0 spiro atoms. The molecule has 0 unspecified atom stereocenters. The maximum absolute atomic E-state index is 11.5. The van der Waals surface area contributed by atoms with Gasteiger partial charge in [-0.1, -0.05) is 0 Å². The Morgan fingerprint density at radius 2 is 2.00 bits per heavy atom. The van der Waals surface area contributed by atoms with Crippen molar-refractivity contribution in [1.29, 1.82) is 5.41 Å². The summed E-state index contributed by atoms with van der Waals surface area (Å²) in [7, 11) is 0. The third-order valence-electron chi connectivity index (χ3n) is 0.817. The largest absolute Gasteiger partial charge is 0.480 e. The van der Waals surface area contributed by atoms with Gasteiger partial charge in [0.2, 0.25) is 5.90 Å². The molecule has 0 saturated carbocycles. The zero-order valence-electron chi connectivity index (χ0n) is 6.57. The first-order valence-electron chi connectivity index (χ1n) is 3.30. The van der Waals surface area contributed by atoms with Gasteiger partial charge in [-0.2, -0.15) is 13.2 Å². The summed E-state index contributed by atoms with van der Waals surface area (Å²) >= 11 is 0. The van der Waals surface area contributed by atoms with E-state index in [2.05, 4.69) is 9.47 Å². The van der Waals surface area contributed by atoms with Crippen LogP contribution in [0.4, 0.5) is 13.2 Å². The Hall–Kier alpha value is -0.780. The van der Waals surface area contributed by atoms with E-state index in [-0.39, 0.29) is 12.5 Å². The van der Waals surface area contributed by atoms with Crippen molar-refractivity contribution in [2.75, 3.05) is 19.8 Å². The summed E-state index contributed by atoms with van der Waals surface area (Å²) in [5.41, 5.74) is 0. The highest BCUT2D eigenvalue weighted by molar-refractivity contribution is 5.73. The SMILES string of the molecule is CCOC(=N)COCC(F)(F)F. The van der Waals surface area contributed by atoms with Crippen LogP contribution in [-0.4, -0.2) is 31.9 Å². The molecule has 0 aliphatic heterocycles. The molecular formula is C6H10F3NO2. The first-order valence-corrected chi connectivity index (χ1v) is 3.30. The van der Waals surface area contributed by atoms with Crippen molar-refractivity contribution < 1.29 is 22.6 Å². The molecule has 0 rings (SSSR count). The average molecular weight is 185 g/mol. The van der Waals surface area contributed by atoms with Crippen LogP contribution in [-0.2, 0) is 9.47 Å². The van der Waals surface area contributed by atoms with E-state index in [0.717, 1.165) is 0 Å². The van der Waals surface area contributed by atoms with Gasteiger partial charge in [-0.25, -0.2) is 0 Å². The molecule has 0 atom stereocenters. The lowest BCUT2D eigenvalue weighted by Crippen LogP contribution is -2.21. The summed E-state index contributed by atoms with van der Waals surface area (Å²) in [6, 6.07) is 0. The van der Waals surface area contributed by atoms with Crippen molar-refractivity contribution in [2.45, 2.75) is 13.1 Å². The molecule has 0 aromatic rings. The van der Waals surface area contributed by atoms with Crippen LogP contribution in [0.25, 0.3) is 0 Å². The molecule has 0 amide bonds. The van der Waals surface area contributed by atoms with Crippen molar-refractivity contribution in [2.24, 2.45) is 0 Å². The minimum absolute atomic E-state index is 0.258. The predicted octanol–water partition coefficient (Wildman–Crippen LogP) is 1.58. The molecule has 0 fully saturated rings. The molecule has 1 N–H and O–H groups in total. The molecule has 72 valence electrons. The molecule has 12 heavy (non-hydrogen) atoms. The van der Waals surface area contributed by atoms with Crippen molar-refractivity contribution >= 4 is 5.90 Å². The number of alkyl halides is 3. The quantitative estimate of drug-likeness (QED) is 0.533. The Morgan fingerprint density at radius 3 is 2.42 bits per heavy atom. The lowest BCUT2D eigenvalue weighted by molar-refractivity contribution is -0.170. The van der Waals surface area contributed by atoms with Gasteiger partial charge < -0.3 is 9.47 Å². The van der Waals surface area contributed by atoms with Crippen molar-refractivity contribution in [3.05, 3.63) is 0 Å². The fourth-order valence-electron chi connectivity index (χ4n) is 0.475. The fourth-order valence-corrected chi connectivity index (χ4v) is 0.475. The second-order valence-electron chi connectivity index (χ2n) is 1.96. The summed E-state index contributed by atoms with van der Waals surface area (Å²) in [5.74, 6) is -0.290. The van der Waals surface area contributed by atoms with Crippen LogP contribution >= 0.6 is 0 Å². The van der Waals surface area contributed by atoms with Crippen LogP contribution in [0.3, 0.4) is 0 Å². The minimum Gasteiger partial charge on any atom is -0.480 e. The number of rotatable bonds is 4. The third-order valence-corrected chi connectivity index (χ3v) is 0.817. The Labute approximate surface area is 68.0 Å². The van der Waals surface area contributed by atoms with Gasteiger partial charge in [0, 0.05) is 0 Å². The standard InChI is InChI=1S/C6H10F3NO2/c1-2-12-5(10)3-11-4-6(7,8)9/h10H,2-4H2,1H3. The lowest BCUT2D eigenvalue weighted by Gasteiger charge is -2.08. The number of nitrogens with one attached hydrogen (secondary N) is 1. The van der Waals surface area contributed by atoms with Gasteiger partial charge in [-0.05, 0) is 6.92 Å². The molecule has 3 nitrogen and oxygen atoms in total. The monoisotopic (exact) mass is 185 g/mol. The molecule has 0 aromatic heterocycles. The van der Waals surface area contributed by atoms with E-state index in [1.54, 1.807) is 6.92 Å². The van der Waals surface area contributed by atoms with E-state index in [4.69, 9.17) is 5.41 Å². The molecule has 0 saturated heterocycles. The van der Waals surface area contributed by atoms with E-state index in [1.165, 1.54) is 0 Å². The Bertz CT molecular complexity index is 146. The summed E-state index contributed by atoms with van der Waals surface area (Å²) < 4.78 is 43.1. The third kappa shape index (κ3) is 7.33. The smallest absolute Gasteiger partial charge is 0.411 e. The molecule has 0 heterocycles. The summed E-state index contributed by atoms with van der Waals surface area (Å²) in [6.07, 6.45) is -4.34. The van der Waals surface area contributed by atoms with Crippen LogP contribution in [0.1, 0.15) is 6.92 Å². The highest BCUT2D eigenvalue weighted by atomic mass is 19.4. The predicted molar refractivity (Wildman–Crippen MR) is 36.2 cm³/mol. The van der Waals surface area contributed by atoms with Gasteiger partial charge in [0.05, 0.1) is 6.61 Å². The highest BCUT2D eigenvalue weighted by Gasteiger charge is 2.27. The minimum atomic E-state index is -4.34. The van der Waals surface area contributed by atoms with Crippen molar-refractivity contribution in [3.8, 4) is 0 Å². The molecule has 0 bridgehead atoms. The molecule has 0 aliphatic rings. The topological polar surface area (TPSA) is 42.3 Å². The number of ether oxygens (including phenoxy) is 2. The van der Waals surface area contributed by atoms with Gasteiger partial charge in [0.1, 0.15) is 13.2 Å². The van der Waals surface area contributed by atoms with Crippen molar-refractivity contribution in [3.63, 3.8) is 0 Å². The normalized spacial score (nSPS) is 11.3. The molecule has 0 aliphatic carbocycles. The van der Waals surface area contributed by atoms with Crippen LogP contribution < -0.4 is 0 Å². The van der Waals surface area contributed by atoms with E-state index < -0.39 is 19.4 Å². The van der Waals surface area contributed by atoms with E-state index in [1.807, 2.05) is 0 Å². The van der Waals surface area contributed by atoms with Crippen LogP contribution in [0.5, 0.6) is 0 Å². The van der Waals surface area contributed by atoms with Gasteiger partial charge in [-0.15, -0.1) is 0 Å². The van der Waals surface area contributed by atoms with Crippen molar-refractivity contribution in [1.82, 2.24) is 0 Å². The Kier molecular flexibility index (Phi) is 4.65. The van der Waals surface area contributed by atoms with Gasteiger partial charge in [0.15, 0.2) is 0 Å². The second-order valence-corrected chi connectivity index (χ2v) is 1.96. The highest BCUT2D eigenvalue weighted by Crippen LogP contribution is 2.14. The number of hydrogen-bond acceptors (Lipinski definition) is 3. The zero-order chi connectivity index (χ0) is 9.61. The van der Waals surface area contributed by atoms with Crippen LogP contribution in [0.15, 0.2) is 0 Å². The van der Waals surface area contributed by atoms with E-state index >= 15 is 0 Å².